The van der Waals surface area contributed by atoms with Crippen molar-refractivity contribution >= 4 is 17.4 Å². The molecule has 1 rings (SSSR count). The van der Waals surface area contributed by atoms with Gasteiger partial charge in [0, 0.05) is 17.9 Å². The molecular formula is C24H40N2O2S. The number of rotatable bonds is 19. The number of allylic oxidation sites excluding steroid dienone is 2. The summed E-state index contributed by atoms with van der Waals surface area (Å²) in [6.07, 6.45) is 21.5. The molecule has 0 aliphatic carbocycles. The van der Waals surface area contributed by atoms with Gasteiger partial charge in [0.2, 0.25) is 0 Å². The highest BCUT2D eigenvalue weighted by atomic mass is 32.2. The summed E-state index contributed by atoms with van der Waals surface area (Å²) in [5, 5.41) is 10.8. The van der Waals surface area contributed by atoms with Gasteiger partial charge in [0.15, 0.2) is 0 Å². The first-order chi connectivity index (χ1) is 14.2. The van der Waals surface area contributed by atoms with Crippen LogP contribution >= 0.6 is 11.8 Å². The second-order valence-corrected chi connectivity index (χ2v) is 8.81. The summed E-state index contributed by atoms with van der Waals surface area (Å²) in [5.74, 6) is 2.00. The minimum absolute atomic E-state index is 0.191. The van der Waals surface area contributed by atoms with E-state index in [-0.39, 0.29) is 10.6 Å². The number of nitrogens with zero attached hydrogens (tertiary/aromatic N) is 1. The highest BCUT2D eigenvalue weighted by molar-refractivity contribution is 7.98. The molecule has 0 fully saturated rings. The summed E-state index contributed by atoms with van der Waals surface area (Å²) in [6.45, 7) is 0.835. The van der Waals surface area contributed by atoms with Crippen LogP contribution in [0.5, 0.6) is 0 Å². The molecule has 4 nitrogen and oxygen atoms in total. The molecule has 0 heterocycles. The fourth-order valence-electron chi connectivity index (χ4n) is 3.30. The second kappa shape index (κ2) is 18.7. The summed E-state index contributed by atoms with van der Waals surface area (Å²) in [7, 11) is 0. The highest BCUT2D eigenvalue weighted by Crippen LogP contribution is 2.19. The summed E-state index contributed by atoms with van der Waals surface area (Å²) in [6, 6.07) is 6.98. The minimum atomic E-state index is -0.323. The lowest BCUT2D eigenvalue weighted by Gasteiger charge is -2.03. The van der Waals surface area contributed by atoms with E-state index in [4.69, 9.17) is 5.73 Å². The van der Waals surface area contributed by atoms with Gasteiger partial charge in [-0.2, -0.15) is 11.8 Å². The summed E-state index contributed by atoms with van der Waals surface area (Å²) in [4.78, 5) is 10.5. The maximum atomic E-state index is 10.8. The van der Waals surface area contributed by atoms with Crippen molar-refractivity contribution in [3.8, 4) is 0 Å². The van der Waals surface area contributed by atoms with Gasteiger partial charge < -0.3 is 5.73 Å². The van der Waals surface area contributed by atoms with Crippen molar-refractivity contribution in [2.75, 3.05) is 12.3 Å². The number of nitro benzene ring substituents is 1. The van der Waals surface area contributed by atoms with Gasteiger partial charge in [0.05, 0.1) is 4.92 Å². The van der Waals surface area contributed by atoms with Crippen molar-refractivity contribution in [3.63, 3.8) is 0 Å². The Labute approximate surface area is 181 Å². The van der Waals surface area contributed by atoms with E-state index in [9.17, 15) is 10.1 Å². The standard InChI is InChI=1S/C24H40N2O2S/c25-19-14-12-10-8-6-4-2-1-3-5-7-9-11-13-15-20-29-22-23-17-16-18-24(21-23)26(27)28/h1-2,16-18,21H,3-15,19-20,22,25H2/b2-1-. The molecule has 1 aromatic rings. The molecule has 0 aliphatic heterocycles. The lowest BCUT2D eigenvalue weighted by atomic mass is 10.1. The molecule has 164 valence electrons. The topological polar surface area (TPSA) is 69.2 Å². The van der Waals surface area contributed by atoms with Crippen LogP contribution in [0, 0.1) is 10.1 Å². The number of unbranched alkanes of at least 4 members (excludes halogenated alkanes) is 11. The van der Waals surface area contributed by atoms with Crippen LogP contribution < -0.4 is 5.73 Å². The van der Waals surface area contributed by atoms with Gasteiger partial charge in [-0.05, 0) is 56.4 Å². The van der Waals surface area contributed by atoms with Crippen molar-refractivity contribution in [1.82, 2.24) is 0 Å². The van der Waals surface area contributed by atoms with Crippen molar-refractivity contribution in [1.29, 1.82) is 0 Å². The molecule has 1 aromatic carbocycles. The lowest BCUT2D eigenvalue weighted by molar-refractivity contribution is -0.384. The maximum absolute atomic E-state index is 10.8. The van der Waals surface area contributed by atoms with Crippen LogP contribution in [0.3, 0.4) is 0 Å². The Kier molecular flexibility index (Phi) is 16.6. The fourth-order valence-corrected chi connectivity index (χ4v) is 4.26. The van der Waals surface area contributed by atoms with Gasteiger partial charge in [-0.3, -0.25) is 10.1 Å². The van der Waals surface area contributed by atoms with Gasteiger partial charge in [0.1, 0.15) is 0 Å². The molecule has 0 saturated carbocycles. The molecule has 2 N–H and O–H groups in total. The summed E-state index contributed by atoms with van der Waals surface area (Å²) in [5.41, 5.74) is 6.73. The number of thioether (sulfide) groups is 1. The van der Waals surface area contributed by atoms with Crippen molar-refractivity contribution in [2.45, 2.75) is 89.2 Å². The first kappa shape index (κ1) is 25.7. The molecule has 0 bridgehead atoms. The van der Waals surface area contributed by atoms with Crippen molar-refractivity contribution < 1.29 is 4.92 Å². The van der Waals surface area contributed by atoms with Crippen LogP contribution in [0.4, 0.5) is 5.69 Å². The molecule has 0 unspecified atom stereocenters. The average molecular weight is 421 g/mol. The fraction of sp³-hybridized carbons (Fsp3) is 0.667. The van der Waals surface area contributed by atoms with Crippen LogP contribution in [0.25, 0.3) is 0 Å². The van der Waals surface area contributed by atoms with E-state index >= 15 is 0 Å². The number of hydrogen-bond acceptors (Lipinski definition) is 4. The predicted octanol–water partition coefficient (Wildman–Crippen LogP) is 7.41. The molecule has 5 heteroatoms. The summed E-state index contributed by atoms with van der Waals surface area (Å²) >= 11 is 1.88. The number of hydrogen-bond donors (Lipinski definition) is 1. The van der Waals surface area contributed by atoms with E-state index in [1.165, 1.54) is 83.5 Å². The van der Waals surface area contributed by atoms with E-state index in [2.05, 4.69) is 12.2 Å². The maximum Gasteiger partial charge on any atom is 0.269 e. The number of benzene rings is 1. The Balaban J connectivity index is 1.84. The van der Waals surface area contributed by atoms with Crippen LogP contribution in [0.2, 0.25) is 0 Å². The zero-order valence-electron chi connectivity index (χ0n) is 18.0. The second-order valence-electron chi connectivity index (χ2n) is 7.71. The zero-order chi connectivity index (χ0) is 21.0. The third-order valence-corrected chi connectivity index (χ3v) is 6.16. The summed E-state index contributed by atoms with van der Waals surface area (Å²) < 4.78 is 0. The van der Waals surface area contributed by atoms with Crippen LogP contribution in [-0.2, 0) is 5.75 Å². The van der Waals surface area contributed by atoms with Crippen LogP contribution in [-0.4, -0.2) is 17.2 Å². The monoisotopic (exact) mass is 420 g/mol. The van der Waals surface area contributed by atoms with Crippen molar-refractivity contribution in [2.24, 2.45) is 5.73 Å². The molecule has 0 amide bonds. The van der Waals surface area contributed by atoms with Gasteiger partial charge in [0.25, 0.3) is 5.69 Å². The normalized spacial score (nSPS) is 11.3. The van der Waals surface area contributed by atoms with E-state index in [1.807, 2.05) is 17.8 Å². The molecular weight excluding hydrogens is 380 g/mol. The molecule has 29 heavy (non-hydrogen) atoms. The molecule has 0 saturated heterocycles. The predicted molar refractivity (Wildman–Crippen MR) is 127 cm³/mol. The lowest BCUT2D eigenvalue weighted by Crippen LogP contribution is -1.97. The van der Waals surface area contributed by atoms with E-state index in [1.54, 1.807) is 18.2 Å². The number of nitrogens with two attached hydrogens (primary N) is 1. The quantitative estimate of drug-likeness (QED) is 0.109. The number of nitro groups is 1. The van der Waals surface area contributed by atoms with Gasteiger partial charge in [-0.15, -0.1) is 0 Å². The van der Waals surface area contributed by atoms with E-state index in [0.717, 1.165) is 23.6 Å². The molecule has 0 radical (unpaired) electrons. The first-order valence-electron chi connectivity index (χ1n) is 11.4. The Morgan fingerprint density at radius 3 is 2.07 bits per heavy atom. The molecule has 0 aliphatic rings. The highest BCUT2D eigenvalue weighted by Gasteiger charge is 2.05. The third kappa shape index (κ3) is 15.2. The third-order valence-electron chi connectivity index (χ3n) is 5.04. The Bertz CT molecular complexity index is 564. The average Bonchev–Trinajstić information content (AvgIpc) is 2.73. The van der Waals surface area contributed by atoms with Gasteiger partial charge >= 0.3 is 0 Å². The number of non-ortho nitro benzene ring substituents is 1. The van der Waals surface area contributed by atoms with Crippen molar-refractivity contribution in [3.05, 3.63) is 52.1 Å². The molecule has 0 spiro atoms. The van der Waals surface area contributed by atoms with E-state index < -0.39 is 0 Å². The van der Waals surface area contributed by atoms with Crippen LogP contribution in [0.1, 0.15) is 89.0 Å². The Hall–Kier alpha value is -1.33. The minimum Gasteiger partial charge on any atom is -0.330 e. The van der Waals surface area contributed by atoms with E-state index in [0.29, 0.717) is 0 Å². The first-order valence-corrected chi connectivity index (χ1v) is 12.6. The zero-order valence-corrected chi connectivity index (χ0v) is 18.8. The SMILES string of the molecule is NCCCCCCC/C=C\CCCCCCCCSCc1cccc([N+](=O)[O-])c1. The molecule has 0 atom stereocenters. The largest absolute Gasteiger partial charge is 0.330 e. The molecule has 0 aromatic heterocycles. The van der Waals surface area contributed by atoms with Gasteiger partial charge in [-0.1, -0.05) is 69.2 Å². The Morgan fingerprint density at radius 2 is 1.45 bits per heavy atom. The van der Waals surface area contributed by atoms with Crippen LogP contribution in [0.15, 0.2) is 36.4 Å². The van der Waals surface area contributed by atoms with Gasteiger partial charge in [-0.25, -0.2) is 0 Å². The Morgan fingerprint density at radius 1 is 0.862 bits per heavy atom. The smallest absolute Gasteiger partial charge is 0.269 e.